The van der Waals surface area contributed by atoms with Gasteiger partial charge < -0.3 is 0 Å². The van der Waals surface area contributed by atoms with Gasteiger partial charge in [0, 0.05) is 66.3 Å². The molecule has 2 saturated carbocycles. The summed E-state index contributed by atoms with van der Waals surface area (Å²) in [5.74, 6) is 5.07. The van der Waals surface area contributed by atoms with Crippen molar-refractivity contribution in [1.29, 1.82) is 0 Å². The van der Waals surface area contributed by atoms with Crippen molar-refractivity contribution in [2.75, 3.05) is 13.1 Å². The number of hydrogen-bond acceptors (Lipinski definition) is 2. The van der Waals surface area contributed by atoms with Gasteiger partial charge >= 0.3 is 0 Å². The van der Waals surface area contributed by atoms with Crippen molar-refractivity contribution in [2.45, 2.75) is 112 Å². The quantitative estimate of drug-likeness (QED) is 0.284. The molecule has 0 aromatic heterocycles. The Morgan fingerprint density at radius 1 is 0.590 bits per heavy atom. The van der Waals surface area contributed by atoms with Gasteiger partial charge in [-0.2, -0.15) is 47.2 Å². The summed E-state index contributed by atoms with van der Waals surface area (Å²) in [4.78, 5) is 5.39. The van der Waals surface area contributed by atoms with Crippen molar-refractivity contribution >= 4 is 0 Å². The molecule has 3 heterocycles. The van der Waals surface area contributed by atoms with Crippen molar-refractivity contribution in [3.8, 4) is 0 Å². The van der Waals surface area contributed by atoms with E-state index < -0.39 is 0 Å². The van der Waals surface area contributed by atoms with Crippen LogP contribution in [0.15, 0.2) is 60.7 Å². The minimum absolute atomic E-state index is 0. The second-order valence-corrected chi connectivity index (χ2v) is 11.3. The molecule has 3 aliphatic heterocycles. The Bertz CT molecular complexity index is 888. The number of likely N-dealkylation sites (tertiary alicyclic amines) is 1. The van der Waals surface area contributed by atoms with Crippen molar-refractivity contribution in [3.63, 3.8) is 0 Å². The molecule has 218 valence electrons. The zero-order chi connectivity index (χ0) is 26.9. The van der Waals surface area contributed by atoms with E-state index in [-0.39, 0.29) is 42.1 Å². The van der Waals surface area contributed by atoms with Crippen LogP contribution in [-0.4, -0.2) is 47.1 Å². The summed E-state index contributed by atoms with van der Waals surface area (Å²) in [7, 11) is 0. The van der Waals surface area contributed by atoms with Gasteiger partial charge in [-0.05, 0) is 53.6 Å². The van der Waals surface area contributed by atoms with Crippen LogP contribution in [0.2, 0.25) is 0 Å². The van der Waals surface area contributed by atoms with Gasteiger partial charge in [-0.25, -0.2) is 0 Å². The maximum Gasteiger partial charge on any atom is 0.00410 e. The predicted octanol–water partition coefficient (Wildman–Crippen LogP) is 8.66. The van der Waals surface area contributed by atoms with E-state index in [1.165, 1.54) is 56.3 Å². The molecule has 2 aliphatic carbocycles. The van der Waals surface area contributed by atoms with Gasteiger partial charge in [0.05, 0.1) is 0 Å². The van der Waals surface area contributed by atoms with Crippen LogP contribution < -0.4 is 0 Å². The van der Waals surface area contributed by atoms with Gasteiger partial charge in [0.1, 0.15) is 0 Å². The van der Waals surface area contributed by atoms with E-state index in [0.29, 0.717) is 12.1 Å². The molecule has 7 rings (SSSR count). The van der Waals surface area contributed by atoms with Crippen molar-refractivity contribution < 1.29 is 42.1 Å². The predicted molar refractivity (Wildman–Crippen MR) is 162 cm³/mol. The molecule has 4 atom stereocenters. The van der Waals surface area contributed by atoms with E-state index in [4.69, 9.17) is 0 Å². The number of benzene rings is 2. The average Bonchev–Trinajstić information content (AvgIpc) is 3.59. The fourth-order valence-electron chi connectivity index (χ4n) is 7.07. The molecule has 4 heteroatoms. The second-order valence-electron chi connectivity index (χ2n) is 11.3. The Labute approximate surface area is 270 Å². The maximum absolute atomic E-state index is 2.71. The SMILES string of the molecule is CC.CC.CC(C)N1CC2CC1C[C-]2c1ccccc1.CC(C)N1CC2CCC1C[C-]2c1ccccc1.[W].[W]. The molecule has 0 amide bonds. The average molecular weight is 871 g/mol. The molecule has 2 aromatic rings. The molecule has 4 unspecified atom stereocenters. The first-order valence-electron chi connectivity index (χ1n) is 15.3. The van der Waals surface area contributed by atoms with Gasteiger partial charge in [-0.3, -0.25) is 9.80 Å². The monoisotopic (exact) mass is 870 g/mol. The third-order valence-corrected chi connectivity index (χ3v) is 8.72. The van der Waals surface area contributed by atoms with Crippen LogP contribution in [-0.2, 0) is 42.1 Å². The van der Waals surface area contributed by atoms with E-state index in [1.807, 2.05) is 27.7 Å². The number of nitrogens with zero attached hydrogens (tertiary/aromatic N) is 2. The van der Waals surface area contributed by atoms with Crippen molar-refractivity contribution in [3.05, 3.63) is 83.6 Å². The summed E-state index contributed by atoms with van der Waals surface area (Å²) < 4.78 is 0. The van der Waals surface area contributed by atoms with E-state index in [0.717, 1.165) is 23.9 Å². The Hall–Kier alpha value is -0.523. The summed E-state index contributed by atoms with van der Waals surface area (Å²) >= 11 is 0. The van der Waals surface area contributed by atoms with Crippen LogP contribution >= 0.6 is 0 Å². The molecule has 2 aromatic carbocycles. The van der Waals surface area contributed by atoms with Crippen LogP contribution in [0, 0.1) is 23.7 Å². The second kappa shape index (κ2) is 18.1. The molecule has 5 aliphatic rings. The Balaban J connectivity index is 0.000000332. The summed E-state index contributed by atoms with van der Waals surface area (Å²) in [6, 6.07) is 25.1. The van der Waals surface area contributed by atoms with Gasteiger partial charge in [0.15, 0.2) is 0 Å². The molecule has 0 spiro atoms. The van der Waals surface area contributed by atoms with Gasteiger partial charge in [0.25, 0.3) is 0 Å². The first kappa shape index (κ1) is 36.5. The van der Waals surface area contributed by atoms with Crippen molar-refractivity contribution in [2.24, 2.45) is 11.8 Å². The molecule has 3 saturated heterocycles. The summed E-state index contributed by atoms with van der Waals surface area (Å²) in [6.45, 7) is 19.9. The summed E-state index contributed by atoms with van der Waals surface area (Å²) in [5, 5.41) is 0. The minimum Gasteiger partial charge on any atom is -0.299 e. The number of fused-ring (bicyclic) bond motifs is 5. The molecular weight excluding hydrogens is 816 g/mol. The Morgan fingerprint density at radius 3 is 1.38 bits per heavy atom. The third-order valence-electron chi connectivity index (χ3n) is 8.72. The normalized spacial score (nSPS) is 25.0. The van der Waals surface area contributed by atoms with E-state index in [9.17, 15) is 0 Å². The minimum atomic E-state index is 0. The molecule has 5 fully saturated rings. The first-order chi connectivity index (χ1) is 18.0. The van der Waals surface area contributed by atoms with Crippen molar-refractivity contribution in [1.82, 2.24) is 9.80 Å². The van der Waals surface area contributed by atoms with Crippen LogP contribution in [0.3, 0.4) is 0 Å². The number of hydrogen-bond donors (Lipinski definition) is 0. The summed E-state index contributed by atoms with van der Waals surface area (Å²) in [5.41, 5.74) is 2.98. The zero-order valence-corrected chi connectivity index (χ0v) is 31.8. The van der Waals surface area contributed by atoms with E-state index >= 15 is 0 Å². The van der Waals surface area contributed by atoms with Gasteiger partial charge in [0.2, 0.25) is 0 Å². The smallest absolute Gasteiger partial charge is 0.00410 e. The van der Waals surface area contributed by atoms with Gasteiger partial charge in [-0.15, -0.1) is 24.3 Å². The van der Waals surface area contributed by atoms with Crippen LogP contribution in [0.4, 0.5) is 0 Å². The van der Waals surface area contributed by atoms with E-state index in [2.05, 4.69) is 98.2 Å². The standard InChI is InChI=1S/C16H22N.C15H20N.2C2H6.2W/c1-12(2)17-11-14-8-9-15(17)10-16(14)13-6-4-3-5-7-13;1-11(2)16-10-13-8-14(16)9-15(13)12-6-4-3-5-7-12;2*1-2;;/h3-7,12,14-15H,8-11H2,1-2H3;3-7,11,13-14H,8-10H2,1-2H3;2*1-2H3;;/q2*-1;;;;. The van der Waals surface area contributed by atoms with Gasteiger partial charge in [-0.1, -0.05) is 70.9 Å². The topological polar surface area (TPSA) is 6.48 Å². The first-order valence-corrected chi connectivity index (χ1v) is 15.3. The van der Waals surface area contributed by atoms with E-state index in [1.54, 1.807) is 11.8 Å². The Morgan fingerprint density at radius 2 is 1.00 bits per heavy atom. The molecule has 4 bridgehead atoms. The third kappa shape index (κ3) is 8.98. The fraction of sp³-hybridized carbons (Fsp3) is 0.600. The summed E-state index contributed by atoms with van der Waals surface area (Å²) in [6.07, 6.45) is 6.79. The molecule has 0 radical (unpaired) electrons. The molecule has 2 nitrogen and oxygen atoms in total. The van der Waals surface area contributed by atoms with Crippen LogP contribution in [0.5, 0.6) is 0 Å². The van der Waals surface area contributed by atoms with Crippen LogP contribution in [0.1, 0.15) is 98.6 Å². The van der Waals surface area contributed by atoms with Crippen LogP contribution in [0.25, 0.3) is 0 Å². The number of rotatable bonds is 4. The largest absolute Gasteiger partial charge is 0.299 e. The molecule has 39 heavy (non-hydrogen) atoms. The fourth-order valence-corrected chi connectivity index (χ4v) is 7.07. The molecule has 0 N–H and O–H groups in total. The zero-order valence-electron chi connectivity index (χ0n) is 25.9. The number of piperidine rings is 3. The Kier molecular flexibility index (Phi) is 16.9. The molecular formula is C35H54N2W2-2. The maximum atomic E-state index is 2.71.